The molecule has 0 fully saturated rings. The molecule has 30 heavy (non-hydrogen) atoms. The number of methoxy groups -OCH3 is 2. The molecule has 6 nitrogen and oxygen atoms in total. The molecule has 0 aliphatic carbocycles. The molecule has 0 aromatic heterocycles. The molecule has 1 N–H and O–H groups in total. The number of carbonyl (C=O) groups excluding carboxylic acids is 2. The van der Waals surface area contributed by atoms with E-state index in [1.807, 2.05) is 45.0 Å². The van der Waals surface area contributed by atoms with Crippen molar-refractivity contribution in [1.29, 1.82) is 0 Å². The van der Waals surface area contributed by atoms with E-state index < -0.39 is 18.0 Å². The molecule has 0 bridgehead atoms. The highest BCUT2D eigenvalue weighted by atomic mass is 16.5. The zero-order valence-electron chi connectivity index (χ0n) is 18.4. The molecule has 0 spiro atoms. The van der Waals surface area contributed by atoms with Crippen LogP contribution in [0.2, 0.25) is 0 Å². The van der Waals surface area contributed by atoms with Gasteiger partial charge in [0.25, 0.3) is 0 Å². The number of hydrogen-bond donors (Lipinski definition) is 1. The van der Waals surface area contributed by atoms with Gasteiger partial charge in [-0.25, -0.2) is 9.59 Å². The number of hydrogen-bond acceptors (Lipinski definition) is 6. The van der Waals surface area contributed by atoms with E-state index in [-0.39, 0.29) is 12.2 Å². The molecule has 2 aromatic carbocycles. The number of ether oxygens (including phenoxy) is 3. The SMILES string of the molecule is C=C(C(=O)OCC)[C@@H](Nc1cc(C)c(C)c(OC)c1)c1ccc(C)c(C(=O)OC)c1. The molecule has 2 rings (SSSR count). The lowest BCUT2D eigenvalue weighted by atomic mass is 9.95. The highest BCUT2D eigenvalue weighted by molar-refractivity contribution is 5.92. The van der Waals surface area contributed by atoms with Crippen LogP contribution in [-0.4, -0.2) is 32.8 Å². The molecule has 0 aliphatic rings. The lowest BCUT2D eigenvalue weighted by molar-refractivity contribution is -0.138. The van der Waals surface area contributed by atoms with Gasteiger partial charge < -0.3 is 19.5 Å². The minimum atomic E-state index is -0.611. The fourth-order valence-electron chi connectivity index (χ4n) is 3.15. The van der Waals surface area contributed by atoms with E-state index in [1.165, 1.54) is 7.11 Å². The number of esters is 2. The van der Waals surface area contributed by atoms with Gasteiger partial charge in [0.1, 0.15) is 5.75 Å². The van der Waals surface area contributed by atoms with Gasteiger partial charge in [-0.15, -0.1) is 0 Å². The minimum absolute atomic E-state index is 0.230. The van der Waals surface area contributed by atoms with E-state index >= 15 is 0 Å². The topological polar surface area (TPSA) is 73.9 Å². The third-order valence-corrected chi connectivity index (χ3v) is 5.04. The second-order valence-electron chi connectivity index (χ2n) is 7.01. The van der Waals surface area contributed by atoms with Crippen molar-refractivity contribution in [2.24, 2.45) is 0 Å². The Hall–Kier alpha value is -3.28. The Morgan fingerprint density at radius 1 is 1.07 bits per heavy atom. The molecule has 0 saturated heterocycles. The van der Waals surface area contributed by atoms with Gasteiger partial charge >= 0.3 is 11.9 Å². The summed E-state index contributed by atoms with van der Waals surface area (Å²) in [4.78, 5) is 24.6. The summed E-state index contributed by atoms with van der Waals surface area (Å²) in [7, 11) is 2.95. The summed E-state index contributed by atoms with van der Waals surface area (Å²) >= 11 is 0. The lowest BCUT2D eigenvalue weighted by Crippen LogP contribution is -2.21. The molecular formula is C24H29NO5. The van der Waals surface area contributed by atoms with Gasteiger partial charge in [0.05, 0.1) is 38.0 Å². The van der Waals surface area contributed by atoms with Crippen LogP contribution in [0.15, 0.2) is 42.5 Å². The maximum atomic E-state index is 12.5. The second kappa shape index (κ2) is 9.96. The minimum Gasteiger partial charge on any atom is -0.496 e. The quantitative estimate of drug-likeness (QED) is 0.502. The number of anilines is 1. The normalized spacial score (nSPS) is 11.4. The number of benzene rings is 2. The van der Waals surface area contributed by atoms with Crippen LogP contribution >= 0.6 is 0 Å². The Labute approximate surface area is 177 Å². The molecule has 1 atom stereocenters. The van der Waals surface area contributed by atoms with Crippen LogP contribution in [0.3, 0.4) is 0 Å². The molecular weight excluding hydrogens is 382 g/mol. The van der Waals surface area contributed by atoms with Crippen molar-refractivity contribution in [1.82, 2.24) is 0 Å². The highest BCUT2D eigenvalue weighted by Crippen LogP contribution is 2.32. The second-order valence-corrected chi connectivity index (χ2v) is 7.01. The van der Waals surface area contributed by atoms with E-state index in [2.05, 4.69) is 11.9 Å². The van der Waals surface area contributed by atoms with Gasteiger partial charge in [-0.1, -0.05) is 18.7 Å². The van der Waals surface area contributed by atoms with Crippen molar-refractivity contribution in [2.75, 3.05) is 26.1 Å². The summed E-state index contributed by atoms with van der Waals surface area (Å²) in [6, 6.07) is 8.60. The Kier molecular flexibility index (Phi) is 7.64. The van der Waals surface area contributed by atoms with E-state index in [9.17, 15) is 9.59 Å². The van der Waals surface area contributed by atoms with Crippen LogP contribution in [0.25, 0.3) is 0 Å². The summed E-state index contributed by atoms with van der Waals surface area (Å²) in [5.74, 6) is -0.217. The van der Waals surface area contributed by atoms with Gasteiger partial charge in [-0.3, -0.25) is 0 Å². The van der Waals surface area contributed by atoms with Crippen LogP contribution in [-0.2, 0) is 14.3 Å². The van der Waals surface area contributed by atoms with E-state index in [1.54, 1.807) is 20.1 Å². The summed E-state index contributed by atoms with van der Waals surface area (Å²) in [5, 5.41) is 3.35. The molecule has 0 unspecified atom stereocenters. The first kappa shape index (κ1) is 23.0. The number of aryl methyl sites for hydroxylation is 2. The standard InChI is InChI=1S/C24H29NO5/c1-8-30-23(26)17(5)22(18-10-9-14(2)20(12-18)24(27)29-7)25-19-11-15(3)16(4)21(13-19)28-6/h9-13,22,25H,5,8H2,1-4,6-7H3/t22-/m1/s1. The maximum Gasteiger partial charge on any atom is 0.338 e. The van der Waals surface area contributed by atoms with Gasteiger partial charge in [0.2, 0.25) is 0 Å². The fraction of sp³-hybridized carbons (Fsp3) is 0.333. The predicted octanol–water partition coefficient (Wildman–Crippen LogP) is 4.68. The fourth-order valence-corrected chi connectivity index (χ4v) is 3.15. The zero-order chi connectivity index (χ0) is 22.4. The lowest BCUT2D eigenvalue weighted by Gasteiger charge is -2.23. The van der Waals surface area contributed by atoms with Crippen LogP contribution in [0.1, 0.15) is 45.6 Å². The van der Waals surface area contributed by atoms with Crippen LogP contribution in [0.4, 0.5) is 5.69 Å². The maximum absolute atomic E-state index is 12.5. The van der Waals surface area contributed by atoms with E-state index in [0.29, 0.717) is 11.1 Å². The van der Waals surface area contributed by atoms with Crippen molar-refractivity contribution in [3.05, 3.63) is 70.3 Å². The highest BCUT2D eigenvalue weighted by Gasteiger charge is 2.24. The predicted molar refractivity (Wildman–Crippen MR) is 117 cm³/mol. The Balaban J connectivity index is 2.54. The van der Waals surface area contributed by atoms with Gasteiger partial charge in [-0.2, -0.15) is 0 Å². The van der Waals surface area contributed by atoms with Gasteiger partial charge in [0, 0.05) is 11.8 Å². The zero-order valence-corrected chi connectivity index (χ0v) is 18.4. The third kappa shape index (κ3) is 5.00. The molecule has 0 radical (unpaired) electrons. The molecule has 6 heteroatoms. The monoisotopic (exact) mass is 411 g/mol. The van der Waals surface area contributed by atoms with Crippen LogP contribution < -0.4 is 10.1 Å². The molecule has 0 heterocycles. The van der Waals surface area contributed by atoms with Crippen molar-refractivity contribution in [3.8, 4) is 5.75 Å². The number of rotatable bonds is 8. The molecule has 2 aromatic rings. The summed E-state index contributed by atoms with van der Waals surface area (Å²) < 4.78 is 15.5. The van der Waals surface area contributed by atoms with Crippen molar-refractivity contribution in [3.63, 3.8) is 0 Å². The summed E-state index contributed by atoms with van der Waals surface area (Å²) in [6.45, 7) is 11.7. The summed E-state index contributed by atoms with van der Waals surface area (Å²) in [5.41, 5.74) is 4.95. The average molecular weight is 411 g/mol. The smallest absolute Gasteiger partial charge is 0.338 e. The Morgan fingerprint density at radius 2 is 1.77 bits per heavy atom. The van der Waals surface area contributed by atoms with Crippen molar-refractivity contribution in [2.45, 2.75) is 33.7 Å². The summed E-state index contributed by atoms with van der Waals surface area (Å²) in [6.07, 6.45) is 0. The first-order valence-corrected chi connectivity index (χ1v) is 9.70. The molecule has 0 amide bonds. The Bertz CT molecular complexity index is 964. The number of carbonyl (C=O) groups is 2. The van der Waals surface area contributed by atoms with Crippen LogP contribution in [0, 0.1) is 20.8 Å². The van der Waals surface area contributed by atoms with E-state index in [0.717, 1.165) is 28.1 Å². The number of nitrogens with one attached hydrogen (secondary N) is 1. The van der Waals surface area contributed by atoms with Gasteiger partial charge in [0.15, 0.2) is 0 Å². The van der Waals surface area contributed by atoms with E-state index in [4.69, 9.17) is 14.2 Å². The molecule has 0 aliphatic heterocycles. The van der Waals surface area contributed by atoms with Crippen molar-refractivity contribution < 1.29 is 23.8 Å². The molecule has 0 saturated carbocycles. The van der Waals surface area contributed by atoms with Gasteiger partial charge in [-0.05, 0) is 62.1 Å². The first-order chi connectivity index (χ1) is 14.2. The molecule has 160 valence electrons. The average Bonchev–Trinajstić information content (AvgIpc) is 2.73. The largest absolute Gasteiger partial charge is 0.496 e. The van der Waals surface area contributed by atoms with Crippen molar-refractivity contribution >= 4 is 17.6 Å². The third-order valence-electron chi connectivity index (χ3n) is 5.04. The first-order valence-electron chi connectivity index (χ1n) is 9.70. The van der Waals surface area contributed by atoms with Crippen LogP contribution in [0.5, 0.6) is 5.75 Å². The Morgan fingerprint density at radius 3 is 2.37 bits per heavy atom.